The molecule has 14 heteroatoms. The molecular weight excluding hydrogens is 544 g/mol. The van der Waals surface area contributed by atoms with E-state index in [1.54, 1.807) is 31.2 Å². The summed E-state index contributed by atoms with van der Waals surface area (Å²) in [5.74, 6) is -1.77. The zero-order valence-electron chi connectivity index (χ0n) is 19.5. The predicted octanol–water partition coefficient (Wildman–Crippen LogP) is 1.84. The lowest BCUT2D eigenvalue weighted by Gasteiger charge is -2.30. The van der Waals surface area contributed by atoms with E-state index in [1.807, 2.05) is 0 Å². The van der Waals surface area contributed by atoms with E-state index in [9.17, 15) is 27.9 Å². The number of carboxylic acids is 1. The minimum absolute atomic E-state index is 0.0515. The first-order valence-corrected chi connectivity index (χ1v) is 13.8. The molecule has 5 N–H and O–H groups in total. The highest BCUT2D eigenvalue weighted by molar-refractivity contribution is 7.89. The number of para-hydroxylation sites is 1. The maximum Gasteiger partial charge on any atom is 0.326 e. The van der Waals surface area contributed by atoms with Crippen LogP contribution in [-0.2, 0) is 19.6 Å². The van der Waals surface area contributed by atoms with Crippen molar-refractivity contribution < 1.29 is 32.6 Å². The van der Waals surface area contributed by atoms with Gasteiger partial charge < -0.3 is 25.4 Å². The molecule has 0 aliphatic carbocycles. The standard InChI is InChI=1S/C23H25ClN4O7S2/c1-11(10-36)22(30)28-9-12(6-17(28)23(31)32)35-18-5-3-2-4-13(18)20-26-16-8-15(24)19(37(25,33)34)7-14(16)21(29)27-20/h2-5,7-8,11-12,17,20,26,36H,6,9-10H2,1H3,(H,27,29)(H,31,32)(H2,25,33,34)/t11?,12?,17-,20?/m0/s1. The molecule has 2 aliphatic heterocycles. The van der Waals surface area contributed by atoms with Crippen molar-refractivity contribution in [3.8, 4) is 5.75 Å². The number of carboxylic acid groups (broad SMARTS) is 1. The Hall–Kier alpha value is -3.00. The summed E-state index contributed by atoms with van der Waals surface area (Å²) in [4.78, 5) is 38.3. The van der Waals surface area contributed by atoms with E-state index < -0.39 is 46.1 Å². The van der Waals surface area contributed by atoms with Gasteiger partial charge in [0.05, 0.1) is 22.8 Å². The molecule has 37 heavy (non-hydrogen) atoms. The average Bonchev–Trinajstić information content (AvgIpc) is 3.26. The van der Waals surface area contributed by atoms with E-state index >= 15 is 0 Å². The summed E-state index contributed by atoms with van der Waals surface area (Å²) in [6.07, 6.45) is -1.28. The lowest BCUT2D eigenvalue weighted by Crippen LogP contribution is -2.43. The highest BCUT2D eigenvalue weighted by atomic mass is 35.5. The summed E-state index contributed by atoms with van der Waals surface area (Å²) in [5, 5.41) is 20.6. The van der Waals surface area contributed by atoms with Crippen LogP contribution >= 0.6 is 24.2 Å². The van der Waals surface area contributed by atoms with Crippen LogP contribution in [0, 0.1) is 5.92 Å². The quantitative estimate of drug-likeness (QED) is 0.315. The van der Waals surface area contributed by atoms with Gasteiger partial charge in [-0.05, 0) is 18.2 Å². The van der Waals surface area contributed by atoms with Crippen molar-refractivity contribution in [1.29, 1.82) is 0 Å². The molecule has 1 fully saturated rings. The average molecular weight is 569 g/mol. The van der Waals surface area contributed by atoms with Gasteiger partial charge in [0, 0.05) is 23.7 Å². The van der Waals surface area contributed by atoms with Crippen LogP contribution in [-0.4, -0.2) is 60.7 Å². The summed E-state index contributed by atoms with van der Waals surface area (Å²) < 4.78 is 29.7. The molecule has 0 aromatic heterocycles. The third-order valence-corrected chi connectivity index (χ3v) is 8.17. The number of carbonyl (C=O) groups is 3. The van der Waals surface area contributed by atoms with Gasteiger partial charge in [-0.1, -0.05) is 36.7 Å². The number of fused-ring (bicyclic) bond motifs is 1. The van der Waals surface area contributed by atoms with Crippen LogP contribution in [0.3, 0.4) is 0 Å². The topological polar surface area (TPSA) is 168 Å². The van der Waals surface area contributed by atoms with Gasteiger partial charge in [0.15, 0.2) is 0 Å². The van der Waals surface area contributed by atoms with Crippen molar-refractivity contribution in [2.24, 2.45) is 11.1 Å². The number of likely N-dealkylation sites (tertiary alicyclic amines) is 1. The number of halogens is 1. The SMILES string of the molecule is CC(CS)C(=O)N1CC(Oc2ccccc2C2NC(=O)c3cc(S(N)(=O)=O)c(Cl)cc3N2)C[C@H]1C(=O)O. The Bertz CT molecular complexity index is 1370. The number of carbonyl (C=O) groups excluding carboxylic acids is 2. The Morgan fingerprint density at radius 3 is 2.65 bits per heavy atom. The third-order valence-electron chi connectivity index (χ3n) is 6.25. The minimum Gasteiger partial charge on any atom is -0.488 e. The minimum atomic E-state index is -4.14. The fraction of sp³-hybridized carbons (Fsp3) is 0.348. The second-order valence-corrected chi connectivity index (χ2v) is 11.2. The van der Waals surface area contributed by atoms with E-state index in [-0.39, 0.29) is 40.1 Å². The van der Waals surface area contributed by atoms with Gasteiger partial charge >= 0.3 is 5.97 Å². The van der Waals surface area contributed by atoms with Crippen molar-refractivity contribution >= 4 is 57.7 Å². The van der Waals surface area contributed by atoms with E-state index in [0.29, 0.717) is 17.0 Å². The molecule has 1 saturated heterocycles. The van der Waals surface area contributed by atoms with Crippen molar-refractivity contribution in [3.05, 3.63) is 52.5 Å². The van der Waals surface area contributed by atoms with E-state index in [2.05, 4.69) is 23.3 Å². The van der Waals surface area contributed by atoms with Crippen molar-refractivity contribution in [3.63, 3.8) is 0 Å². The molecule has 2 amide bonds. The van der Waals surface area contributed by atoms with Crippen LogP contribution in [0.15, 0.2) is 41.3 Å². The molecule has 0 spiro atoms. The summed E-state index contributed by atoms with van der Waals surface area (Å²) in [6, 6.07) is 8.24. The second kappa shape index (κ2) is 10.4. The molecule has 4 rings (SSSR count). The van der Waals surface area contributed by atoms with Crippen LogP contribution < -0.4 is 20.5 Å². The smallest absolute Gasteiger partial charge is 0.326 e. The number of sulfonamides is 1. The Labute approximate surface area is 223 Å². The number of hydrogen-bond donors (Lipinski definition) is 5. The fourth-order valence-electron chi connectivity index (χ4n) is 4.36. The first kappa shape index (κ1) is 27.0. The summed E-state index contributed by atoms with van der Waals surface area (Å²) in [7, 11) is -4.14. The van der Waals surface area contributed by atoms with E-state index in [1.165, 1.54) is 11.0 Å². The van der Waals surface area contributed by atoms with Crippen molar-refractivity contribution in [2.75, 3.05) is 17.6 Å². The largest absolute Gasteiger partial charge is 0.488 e. The molecule has 3 unspecified atom stereocenters. The molecule has 2 aliphatic rings. The summed E-state index contributed by atoms with van der Waals surface area (Å²) in [5.41, 5.74) is 0.884. The lowest BCUT2D eigenvalue weighted by molar-refractivity contribution is -0.149. The molecule has 11 nitrogen and oxygen atoms in total. The van der Waals surface area contributed by atoms with Gasteiger partial charge in [0.25, 0.3) is 5.91 Å². The second-order valence-electron chi connectivity index (χ2n) is 8.87. The van der Waals surface area contributed by atoms with Crippen LogP contribution in [0.4, 0.5) is 5.69 Å². The highest BCUT2D eigenvalue weighted by Gasteiger charge is 2.42. The van der Waals surface area contributed by atoms with Gasteiger partial charge in [-0.15, -0.1) is 0 Å². The first-order valence-electron chi connectivity index (χ1n) is 11.2. The van der Waals surface area contributed by atoms with E-state index in [0.717, 1.165) is 6.07 Å². The molecule has 2 heterocycles. The molecule has 4 atom stereocenters. The van der Waals surface area contributed by atoms with Gasteiger partial charge in [0.1, 0.15) is 29.0 Å². The number of amides is 2. The highest BCUT2D eigenvalue weighted by Crippen LogP contribution is 2.36. The maximum atomic E-state index is 12.9. The summed E-state index contributed by atoms with van der Waals surface area (Å²) >= 11 is 10.2. The number of rotatable bonds is 7. The Balaban J connectivity index is 1.59. The number of nitrogens with one attached hydrogen (secondary N) is 2. The molecule has 198 valence electrons. The van der Waals surface area contributed by atoms with Gasteiger partial charge in [-0.2, -0.15) is 12.6 Å². The molecule has 2 aromatic rings. The Kier molecular flexibility index (Phi) is 7.60. The third kappa shape index (κ3) is 5.49. The molecule has 0 bridgehead atoms. The number of nitrogens with two attached hydrogens (primary N) is 1. The van der Waals surface area contributed by atoms with Gasteiger partial charge in [-0.3, -0.25) is 9.59 Å². The zero-order chi connectivity index (χ0) is 27.1. The van der Waals surface area contributed by atoms with Crippen LogP contribution in [0.25, 0.3) is 0 Å². The number of primary sulfonamides is 1. The number of benzene rings is 2. The Morgan fingerprint density at radius 2 is 2.00 bits per heavy atom. The number of hydrogen-bond acceptors (Lipinski definition) is 8. The molecule has 0 radical (unpaired) electrons. The lowest BCUT2D eigenvalue weighted by atomic mass is 10.0. The zero-order valence-corrected chi connectivity index (χ0v) is 22.0. The van der Waals surface area contributed by atoms with E-state index in [4.69, 9.17) is 21.5 Å². The number of ether oxygens (including phenoxy) is 1. The van der Waals surface area contributed by atoms with Gasteiger partial charge in [-0.25, -0.2) is 18.4 Å². The number of anilines is 1. The molecular formula is C23H25ClN4O7S2. The van der Waals surface area contributed by atoms with Crippen LogP contribution in [0.5, 0.6) is 5.75 Å². The maximum absolute atomic E-state index is 12.9. The number of aliphatic carboxylic acids is 1. The van der Waals surface area contributed by atoms with Crippen LogP contribution in [0.2, 0.25) is 5.02 Å². The van der Waals surface area contributed by atoms with Crippen molar-refractivity contribution in [1.82, 2.24) is 10.2 Å². The molecule has 0 saturated carbocycles. The van der Waals surface area contributed by atoms with Crippen molar-refractivity contribution in [2.45, 2.75) is 36.6 Å². The molecule has 2 aromatic carbocycles. The number of nitrogens with zero attached hydrogens (tertiary/aromatic N) is 1. The number of thiol groups is 1. The summed E-state index contributed by atoms with van der Waals surface area (Å²) in [6.45, 7) is 1.77. The normalized spacial score (nSPS) is 22.0. The first-order chi connectivity index (χ1) is 17.4. The van der Waals surface area contributed by atoms with Gasteiger partial charge in [0.2, 0.25) is 15.9 Å². The predicted molar refractivity (Wildman–Crippen MR) is 138 cm³/mol. The fourth-order valence-corrected chi connectivity index (χ4v) is 5.62. The monoisotopic (exact) mass is 568 g/mol. The van der Waals surface area contributed by atoms with Crippen LogP contribution in [0.1, 0.15) is 35.4 Å². The Morgan fingerprint density at radius 1 is 1.30 bits per heavy atom.